The molecule has 0 aromatic heterocycles. The molecule has 1 aromatic carbocycles. The van der Waals surface area contributed by atoms with Crippen molar-refractivity contribution in [1.82, 2.24) is 5.43 Å². The summed E-state index contributed by atoms with van der Waals surface area (Å²) in [5.74, 6) is 6.27. The Bertz CT molecular complexity index is 418. The van der Waals surface area contributed by atoms with Crippen molar-refractivity contribution in [3.05, 3.63) is 33.8 Å². The maximum atomic E-state index is 6.17. The van der Waals surface area contributed by atoms with Crippen molar-refractivity contribution in [3.63, 3.8) is 0 Å². The SMILES string of the molecule is CC1(C)CC1C(Cc1ccc(Cl)cc1Cl)NN. The number of hydrogen-bond donors (Lipinski definition) is 2. The van der Waals surface area contributed by atoms with E-state index in [4.69, 9.17) is 29.0 Å². The Morgan fingerprint density at radius 1 is 1.47 bits per heavy atom. The summed E-state index contributed by atoms with van der Waals surface area (Å²) in [7, 11) is 0. The largest absolute Gasteiger partial charge is 0.271 e. The number of benzene rings is 1. The minimum Gasteiger partial charge on any atom is -0.271 e. The van der Waals surface area contributed by atoms with Gasteiger partial charge in [0.15, 0.2) is 0 Å². The van der Waals surface area contributed by atoms with Crippen molar-refractivity contribution in [2.45, 2.75) is 32.7 Å². The molecule has 2 atom stereocenters. The van der Waals surface area contributed by atoms with Gasteiger partial charge in [0.25, 0.3) is 0 Å². The average molecular weight is 273 g/mol. The zero-order chi connectivity index (χ0) is 12.6. The molecule has 0 heterocycles. The van der Waals surface area contributed by atoms with E-state index in [1.807, 2.05) is 12.1 Å². The second kappa shape index (κ2) is 4.77. The third-order valence-electron chi connectivity index (χ3n) is 3.74. The van der Waals surface area contributed by atoms with E-state index in [1.165, 1.54) is 6.42 Å². The van der Waals surface area contributed by atoms with Crippen LogP contribution in [0.25, 0.3) is 0 Å². The Morgan fingerprint density at radius 3 is 2.59 bits per heavy atom. The van der Waals surface area contributed by atoms with Crippen LogP contribution in [0.4, 0.5) is 0 Å². The number of nitrogens with two attached hydrogens (primary N) is 1. The van der Waals surface area contributed by atoms with Crippen LogP contribution in [0, 0.1) is 11.3 Å². The molecule has 0 aliphatic heterocycles. The highest BCUT2D eigenvalue weighted by Gasteiger charge is 2.49. The van der Waals surface area contributed by atoms with Crippen molar-refractivity contribution >= 4 is 23.2 Å². The van der Waals surface area contributed by atoms with Gasteiger partial charge in [-0.3, -0.25) is 11.3 Å². The highest BCUT2D eigenvalue weighted by atomic mass is 35.5. The zero-order valence-electron chi connectivity index (χ0n) is 10.1. The van der Waals surface area contributed by atoms with Gasteiger partial charge < -0.3 is 0 Å². The summed E-state index contributed by atoms with van der Waals surface area (Å²) in [4.78, 5) is 0. The standard InChI is InChI=1S/C13H18Cl2N2/c1-13(2)7-10(13)12(17-16)5-8-3-4-9(14)6-11(8)15/h3-4,6,10,12,17H,5,7,16H2,1-2H3. The maximum absolute atomic E-state index is 6.17. The molecule has 1 aromatic rings. The normalized spacial score (nSPS) is 23.5. The lowest BCUT2D eigenvalue weighted by Gasteiger charge is -2.18. The van der Waals surface area contributed by atoms with Gasteiger partial charge in [-0.1, -0.05) is 43.1 Å². The summed E-state index contributed by atoms with van der Waals surface area (Å²) >= 11 is 12.1. The molecule has 0 amide bonds. The summed E-state index contributed by atoms with van der Waals surface area (Å²) in [5, 5.41) is 1.39. The third-order valence-corrected chi connectivity index (χ3v) is 4.33. The molecule has 0 bridgehead atoms. The first-order valence-corrected chi connectivity index (χ1v) is 6.59. The van der Waals surface area contributed by atoms with Gasteiger partial charge in [-0.2, -0.15) is 0 Å². The lowest BCUT2D eigenvalue weighted by molar-refractivity contribution is 0.409. The molecule has 3 N–H and O–H groups in total. The minimum absolute atomic E-state index is 0.281. The average Bonchev–Trinajstić information content (AvgIpc) is 2.86. The molecular weight excluding hydrogens is 255 g/mol. The van der Waals surface area contributed by atoms with E-state index >= 15 is 0 Å². The topological polar surface area (TPSA) is 38.0 Å². The van der Waals surface area contributed by atoms with Crippen LogP contribution in [0.2, 0.25) is 10.0 Å². The molecular formula is C13H18Cl2N2. The van der Waals surface area contributed by atoms with Crippen molar-refractivity contribution in [3.8, 4) is 0 Å². The van der Waals surface area contributed by atoms with E-state index in [0.29, 0.717) is 16.4 Å². The summed E-state index contributed by atoms with van der Waals surface area (Å²) in [6.07, 6.45) is 2.06. The van der Waals surface area contributed by atoms with E-state index in [-0.39, 0.29) is 6.04 Å². The smallest absolute Gasteiger partial charge is 0.0453 e. The van der Waals surface area contributed by atoms with E-state index in [0.717, 1.165) is 17.0 Å². The quantitative estimate of drug-likeness (QED) is 0.651. The molecule has 2 unspecified atom stereocenters. The van der Waals surface area contributed by atoms with Crippen LogP contribution in [0.1, 0.15) is 25.8 Å². The van der Waals surface area contributed by atoms with Crippen molar-refractivity contribution in [1.29, 1.82) is 0 Å². The lowest BCUT2D eigenvalue weighted by atomic mass is 9.98. The highest BCUT2D eigenvalue weighted by Crippen LogP contribution is 2.54. The Morgan fingerprint density at radius 2 is 2.12 bits per heavy atom. The maximum Gasteiger partial charge on any atom is 0.0453 e. The molecule has 1 fully saturated rings. The van der Waals surface area contributed by atoms with Crippen molar-refractivity contribution < 1.29 is 0 Å². The molecule has 2 rings (SSSR count). The first-order valence-electron chi connectivity index (χ1n) is 5.84. The van der Waals surface area contributed by atoms with Crippen LogP contribution in [0.5, 0.6) is 0 Å². The highest BCUT2D eigenvalue weighted by molar-refractivity contribution is 6.35. The van der Waals surface area contributed by atoms with Gasteiger partial charge in [0.1, 0.15) is 0 Å². The minimum atomic E-state index is 0.281. The van der Waals surface area contributed by atoms with Crippen LogP contribution in [-0.2, 0) is 6.42 Å². The zero-order valence-corrected chi connectivity index (χ0v) is 11.6. The summed E-state index contributed by atoms with van der Waals surface area (Å²) in [6.45, 7) is 4.54. The predicted octanol–water partition coefficient (Wildman–Crippen LogP) is 3.41. The first kappa shape index (κ1) is 13.2. The second-order valence-corrected chi connectivity index (χ2v) is 6.36. The fourth-order valence-electron chi connectivity index (χ4n) is 2.44. The summed E-state index contributed by atoms with van der Waals surface area (Å²) < 4.78 is 0. The Kier molecular flexibility index (Phi) is 3.69. The van der Waals surface area contributed by atoms with E-state index in [2.05, 4.69) is 19.3 Å². The summed E-state index contributed by atoms with van der Waals surface area (Å²) in [6, 6.07) is 5.91. The van der Waals surface area contributed by atoms with Crippen LogP contribution >= 0.6 is 23.2 Å². The molecule has 17 heavy (non-hydrogen) atoms. The van der Waals surface area contributed by atoms with E-state index in [9.17, 15) is 0 Å². The monoisotopic (exact) mass is 272 g/mol. The molecule has 0 saturated heterocycles. The van der Waals surface area contributed by atoms with Crippen molar-refractivity contribution in [2.75, 3.05) is 0 Å². The number of halogens is 2. The number of hydrogen-bond acceptors (Lipinski definition) is 2. The van der Waals surface area contributed by atoms with Gasteiger partial charge in [-0.25, -0.2) is 0 Å². The molecule has 4 heteroatoms. The van der Waals surface area contributed by atoms with Gasteiger partial charge >= 0.3 is 0 Å². The lowest BCUT2D eigenvalue weighted by Crippen LogP contribution is -2.39. The van der Waals surface area contributed by atoms with Gasteiger partial charge in [0.2, 0.25) is 0 Å². The molecule has 0 radical (unpaired) electrons. The van der Waals surface area contributed by atoms with Crippen LogP contribution in [0.15, 0.2) is 18.2 Å². The van der Waals surface area contributed by atoms with Gasteiger partial charge in [0.05, 0.1) is 0 Å². The summed E-state index contributed by atoms with van der Waals surface area (Å²) in [5.41, 5.74) is 4.42. The second-order valence-electron chi connectivity index (χ2n) is 5.51. The van der Waals surface area contributed by atoms with Gasteiger partial charge in [-0.05, 0) is 41.9 Å². The van der Waals surface area contributed by atoms with Crippen LogP contribution in [0.3, 0.4) is 0 Å². The number of hydrazine groups is 1. The fourth-order valence-corrected chi connectivity index (χ4v) is 2.92. The van der Waals surface area contributed by atoms with E-state index < -0.39 is 0 Å². The van der Waals surface area contributed by atoms with Crippen LogP contribution in [-0.4, -0.2) is 6.04 Å². The number of rotatable bonds is 4. The third kappa shape index (κ3) is 2.94. The van der Waals surface area contributed by atoms with Gasteiger partial charge in [0, 0.05) is 16.1 Å². The number of nitrogens with one attached hydrogen (secondary N) is 1. The molecule has 0 spiro atoms. The predicted molar refractivity (Wildman–Crippen MR) is 73.2 cm³/mol. The fraction of sp³-hybridized carbons (Fsp3) is 0.538. The molecule has 1 aliphatic rings. The van der Waals surface area contributed by atoms with Gasteiger partial charge in [-0.15, -0.1) is 0 Å². The van der Waals surface area contributed by atoms with Crippen molar-refractivity contribution in [2.24, 2.45) is 17.2 Å². The van der Waals surface area contributed by atoms with Crippen LogP contribution < -0.4 is 11.3 Å². The molecule has 1 saturated carbocycles. The Hall–Kier alpha value is -0.280. The molecule has 1 aliphatic carbocycles. The molecule has 2 nitrogen and oxygen atoms in total. The van der Waals surface area contributed by atoms with E-state index in [1.54, 1.807) is 6.07 Å². The first-order chi connectivity index (χ1) is 7.94. The Balaban J connectivity index is 2.09. The molecule has 94 valence electrons. The Labute approximate surface area is 112 Å².